The fourth-order valence-electron chi connectivity index (χ4n) is 3.00. The molecule has 1 N–H and O–H groups in total. The topological polar surface area (TPSA) is 58.1 Å². The van der Waals surface area contributed by atoms with Crippen LogP contribution in [0.2, 0.25) is 0 Å². The molecule has 2 heterocycles. The first-order valence-corrected chi connectivity index (χ1v) is 7.37. The molecule has 1 aliphatic rings. The summed E-state index contributed by atoms with van der Waals surface area (Å²) in [6, 6.07) is 6.49. The highest BCUT2D eigenvalue weighted by Gasteiger charge is 2.22. The minimum absolute atomic E-state index is 0.0524. The Morgan fingerprint density at radius 2 is 2.05 bits per heavy atom. The molecule has 1 saturated heterocycles. The normalized spacial score (nSPS) is 16.2. The Labute approximate surface area is 124 Å². The van der Waals surface area contributed by atoms with Crippen LogP contribution in [0.5, 0.6) is 0 Å². The Hall–Kier alpha value is -2.17. The van der Waals surface area contributed by atoms with Crippen LogP contribution < -0.4 is 10.2 Å². The summed E-state index contributed by atoms with van der Waals surface area (Å²) >= 11 is 0. The molecule has 1 amide bonds. The Bertz CT molecular complexity index is 662. The van der Waals surface area contributed by atoms with Crippen LogP contribution in [0.25, 0.3) is 10.9 Å². The molecule has 5 nitrogen and oxygen atoms in total. The molecule has 5 heteroatoms. The van der Waals surface area contributed by atoms with Gasteiger partial charge < -0.3 is 10.2 Å². The molecule has 21 heavy (non-hydrogen) atoms. The maximum absolute atomic E-state index is 11.1. The molecule has 3 rings (SSSR count). The summed E-state index contributed by atoms with van der Waals surface area (Å²) in [7, 11) is 0. The number of nitrogens with zero attached hydrogens (tertiary/aromatic N) is 3. The van der Waals surface area contributed by atoms with Crippen molar-refractivity contribution in [3.63, 3.8) is 0 Å². The van der Waals surface area contributed by atoms with E-state index < -0.39 is 0 Å². The fourth-order valence-corrected chi connectivity index (χ4v) is 3.00. The Morgan fingerprint density at radius 1 is 1.29 bits per heavy atom. The molecule has 0 radical (unpaired) electrons. The number of hydrogen-bond acceptors (Lipinski definition) is 4. The molecule has 2 aromatic rings. The van der Waals surface area contributed by atoms with Crippen molar-refractivity contribution in [2.75, 3.05) is 18.0 Å². The number of anilines is 1. The van der Waals surface area contributed by atoms with Crippen LogP contribution in [0.3, 0.4) is 0 Å². The van der Waals surface area contributed by atoms with Gasteiger partial charge in [-0.1, -0.05) is 12.1 Å². The van der Waals surface area contributed by atoms with Crippen molar-refractivity contribution in [3.05, 3.63) is 30.1 Å². The van der Waals surface area contributed by atoms with Crippen molar-refractivity contribution in [1.29, 1.82) is 0 Å². The highest BCUT2D eigenvalue weighted by Crippen LogP contribution is 2.27. The Balaban J connectivity index is 1.83. The van der Waals surface area contributed by atoms with Crippen molar-refractivity contribution in [2.24, 2.45) is 0 Å². The monoisotopic (exact) mass is 284 g/mol. The highest BCUT2D eigenvalue weighted by atomic mass is 16.1. The van der Waals surface area contributed by atoms with Gasteiger partial charge in [-0.25, -0.2) is 9.97 Å². The third kappa shape index (κ3) is 2.82. The predicted octanol–water partition coefficient (Wildman–Crippen LogP) is 2.04. The average Bonchev–Trinajstić information content (AvgIpc) is 2.48. The molecule has 0 saturated carbocycles. The third-order valence-electron chi connectivity index (χ3n) is 4.05. The number of nitrogens with one attached hydrogen (secondary N) is 1. The van der Waals surface area contributed by atoms with Crippen molar-refractivity contribution in [2.45, 2.75) is 32.7 Å². The number of amides is 1. The summed E-state index contributed by atoms with van der Waals surface area (Å²) in [6.45, 7) is 5.46. The largest absolute Gasteiger partial charge is 0.356 e. The summed E-state index contributed by atoms with van der Waals surface area (Å²) in [5.74, 6) is 1.06. The van der Waals surface area contributed by atoms with Crippen LogP contribution in [0, 0.1) is 6.92 Å². The number of carbonyl (C=O) groups is 1. The summed E-state index contributed by atoms with van der Waals surface area (Å²) < 4.78 is 0. The minimum Gasteiger partial charge on any atom is -0.356 e. The number of para-hydroxylation sites is 1. The zero-order valence-corrected chi connectivity index (χ0v) is 12.5. The van der Waals surface area contributed by atoms with Crippen LogP contribution in [-0.4, -0.2) is 35.0 Å². The van der Waals surface area contributed by atoms with E-state index in [1.54, 1.807) is 13.3 Å². The second-order valence-corrected chi connectivity index (χ2v) is 5.63. The summed E-state index contributed by atoms with van der Waals surface area (Å²) in [5.41, 5.74) is 2.19. The van der Waals surface area contributed by atoms with Gasteiger partial charge in [0.05, 0.1) is 5.52 Å². The van der Waals surface area contributed by atoms with Crippen molar-refractivity contribution in [3.8, 4) is 0 Å². The fraction of sp³-hybridized carbons (Fsp3) is 0.438. The van der Waals surface area contributed by atoms with E-state index in [0.29, 0.717) is 0 Å². The third-order valence-corrected chi connectivity index (χ3v) is 4.05. The molecule has 110 valence electrons. The number of carbonyl (C=O) groups excluding carboxylic acids is 1. The number of aromatic nitrogens is 2. The number of piperidine rings is 1. The number of benzene rings is 1. The van der Waals surface area contributed by atoms with Gasteiger partial charge in [-0.15, -0.1) is 0 Å². The van der Waals surface area contributed by atoms with Gasteiger partial charge in [0.2, 0.25) is 5.91 Å². The number of fused-ring (bicyclic) bond motifs is 1. The first-order chi connectivity index (χ1) is 10.1. The maximum Gasteiger partial charge on any atom is 0.217 e. The average molecular weight is 284 g/mol. The second kappa shape index (κ2) is 5.68. The zero-order valence-electron chi connectivity index (χ0n) is 12.5. The summed E-state index contributed by atoms with van der Waals surface area (Å²) in [6.07, 6.45) is 3.55. The van der Waals surface area contributed by atoms with Crippen LogP contribution in [0.4, 0.5) is 5.82 Å². The minimum atomic E-state index is 0.0524. The van der Waals surface area contributed by atoms with Gasteiger partial charge in [-0.05, 0) is 31.4 Å². The molecular weight excluding hydrogens is 264 g/mol. The van der Waals surface area contributed by atoms with E-state index in [-0.39, 0.29) is 11.9 Å². The number of rotatable bonds is 2. The zero-order chi connectivity index (χ0) is 14.8. The van der Waals surface area contributed by atoms with Crippen LogP contribution in [0.1, 0.15) is 25.3 Å². The summed E-state index contributed by atoms with van der Waals surface area (Å²) in [4.78, 5) is 22.3. The van der Waals surface area contributed by atoms with Crippen molar-refractivity contribution < 1.29 is 4.79 Å². The standard InChI is InChI=1S/C16H20N4O/c1-11-4-3-5-14-15(11)17-10-18-16(14)20-8-6-13(7-9-20)19-12(2)21/h3-5,10,13H,6-9H2,1-2H3,(H,19,21). The number of hydrogen-bond donors (Lipinski definition) is 1. The van der Waals surface area contributed by atoms with Gasteiger partial charge in [0.1, 0.15) is 12.1 Å². The molecule has 0 unspecified atom stereocenters. The second-order valence-electron chi connectivity index (χ2n) is 5.63. The number of aryl methyl sites for hydroxylation is 1. The van der Waals surface area contributed by atoms with Gasteiger partial charge in [0.25, 0.3) is 0 Å². The SMILES string of the molecule is CC(=O)NC1CCN(c2ncnc3c(C)cccc23)CC1. The van der Waals surface area contributed by atoms with E-state index in [1.165, 1.54) is 5.56 Å². The van der Waals surface area contributed by atoms with Gasteiger partial charge in [0, 0.05) is 31.4 Å². The Morgan fingerprint density at radius 3 is 2.76 bits per heavy atom. The van der Waals surface area contributed by atoms with Gasteiger partial charge in [-0.3, -0.25) is 4.79 Å². The lowest BCUT2D eigenvalue weighted by Crippen LogP contribution is -2.44. The smallest absolute Gasteiger partial charge is 0.217 e. The van der Waals surface area contributed by atoms with E-state index in [4.69, 9.17) is 0 Å². The lowest BCUT2D eigenvalue weighted by Gasteiger charge is -2.33. The molecule has 0 atom stereocenters. The molecular formula is C16H20N4O. The molecule has 0 aliphatic carbocycles. The Kier molecular flexibility index (Phi) is 3.73. The molecule has 1 aliphatic heterocycles. The lowest BCUT2D eigenvalue weighted by atomic mass is 10.0. The van der Waals surface area contributed by atoms with Crippen molar-refractivity contribution >= 4 is 22.6 Å². The van der Waals surface area contributed by atoms with E-state index in [2.05, 4.69) is 45.3 Å². The van der Waals surface area contributed by atoms with Gasteiger partial charge >= 0.3 is 0 Å². The van der Waals surface area contributed by atoms with Gasteiger partial charge in [-0.2, -0.15) is 0 Å². The quantitative estimate of drug-likeness (QED) is 0.917. The van der Waals surface area contributed by atoms with E-state index in [9.17, 15) is 4.79 Å². The first-order valence-electron chi connectivity index (χ1n) is 7.37. The van der Waals surface area contributed by atoms with E-state index in [1.807, 2.05) is 0 Å². The predicted molar refractivity (Wildman–Crippen MR) is 83.3 cm³/mol. The molecule has 0 spiro atoms. The molecule has 0 bridgehead atoms. The first kappa shape index (κ1) is 13.8. The van der Waals surface area contributed by atoms with Crippen LogP contribution >= 0.6 is 0 Å². The van der Waals surface area contributed by atoms with Crippen LogP contribution in [-0.2, 0) is 4.79 Å². The van der Waals surface area contributed by atoms with Gasteiger partial charge in [0.15, 0.2) is 0 Å². The van der Waals surface area contributed by atoms with Crippen LogP contribution in [0.15, 0.2) is 24.5 Å². The summed E-state index contributed by atoms with van der Waals surface area (Å²) in [5, 5.41) is 4.11. The molecule has 1 aromatic carbocycles. The highest BCUT2D eigenvalue weighted by molar-refractivity contribution is 5.91. The van der Waals surface area contributed by atoms with E-state index in [0.717, 1.165) is 42.7 Å². The van der Waals surface area contributed by atoms with Crippen molar-refractivity contribution in [1.82, 2.24) is 15.3 Å². The van der Waals surface area contributed by atoms with E-state index >= 15 is 0 Å². The molecule has 1 fully saturated rings. The molecule has 1 aromatic heterocycles. The lowest BCUT2D eigenvalue weighted by molar-refractivity contribution is -0.119. The maximum atomic E-state index is 11.1.